The Labute approximate surface area is 103 Å². The first-order chi connectivity index (χ1) is 8.20. The standard InChI is InChI=1S/C12H12ClFN2O/c13-10-2-1-9(6-11(10)14)12(16-15)5-8-3-4-17-7-8/h1-4,6-7,12,16H,5,15H2. The average Bonchev–Trinajstić information content (AvgIpc) is 2.82. The highest BCUT2D eigenvalue weighted by Crippen LogP contribution is 2.22. The van der Waals surface area contributed by atoms with Crippen molar-refractivity contribution in [2.24, 2.45) is 5.84 Å². The first-order valence-electron chi connectivity index (χ1n) is 5.13. The molecule has 0 amide bonds. The van der Waals surface area contributed by atoms with E-state index in [1.807, 2.05) is 6.07 Å². The smallest absolute Gasteiger partial charge is 0.142 e. The van der Waals surface area contributed by atoms with Crippen LogP contribution < -0.4 is 11.3 Å². The Hall–Kier alpha value is -1.36. The van der Waals surface area contributed by atoms with Crippen molar-refractivity contribution in [3.8, 4) is 0 Å². The van der Waals surface area contributed by atoms with Crippen molar-refractivity contribution < 1.29 is 8.81 Å². The van der Waals surface area contributed by atoms with Crippen LogP contribution in [-0.4, -0.2) is 0 Å². The molecule has 0 saturated heterocycles. The van der Waals surface area contributed by atoms with Gasteiger partial charge in [-0.3, -0.25) is 11.3 Å². The van der Waals surface area contributed by atoms with E-state index in [-0.39, 0.29) is 11.1 Å². The third-order valence-electron chi connectivity index (χ3n) is 2.57. The van der Waals surface area contributed by atoms with E-state index in [2.05, 4.69) is 5.43 Å². The molecule has 0 bridgehead atoms. The van der Waals surface area contributed by atoms with Crippen LogP contribution in [0.15, 0.2) is 41.2 Å². The highest BCUT2D eigenvalue weighted by atomic mass is 35.5. The van der Waals surface area contributed by atoms with Crippen LogP contribution in [0, 0.1) is 5.82 Å². The lowest BCUT2D eigenvalue weighted by Gasteiger charge is -2.15. The molecule has 0 aliphatic rings. The van der Waals surface area contributed by atoms with E-state index >= 15 is 0 Å². The van der Waals surface area contributed by atoms with Crippen molar-refractivity contribution in [3.05, 3.63) is 58.8 Å². The first-order valence-corrected chi connectivity index (χ1v) is 5.50. The van der Waals surface area contributed by atoms with Crippen LogP contribution >= 0.6 is 11.6 Å². The molecule has 3 N–H and O–H groups in total. The number of nitrogens with one attached hydrogen (secondary N) is 1. The van der Waals surface area contributed by atoms with Gasteiger partial charge >= 0.3 is 0 Å². The fourth-order valence-corrected chi connectivity index (χ4v) is 1.76. The zero-order valence-corrected chi connectivity index (χ0v) is 9.75. The lowest BCUT2D eigenvalue weighted by molar-refractivity contribution is 0.532. The molecule has 3 nitrogen and oxygen atoms in total. The van der Waals surface area contributed by atoms with Crippen LogP contribution in [0.5, 0.6) is 0 Å². The van der Waals surface area contributed by atoms with Crippen LogP contribution in [0.3, 0.4) is 0 Å². The fraction of sp³-hybridized carbons (Fsp3) is 0.167. The van der Waals surface area contributed by atoms with Gasteiger partial charge in [-0.05, 0) is 35.7 Å². The van der Waals surface area contributed by atoms with Crippen molar-refractivity contribution in [2.45, 2.75) is 12.5 Å². The first kappa shape index (κ1) is 12.1. The van der Waals surface area contributed by atoms with Gasteiger partial charge in [-0.1, -0.05) is 17.7 Å². The average molecular weight is 255 g/mol. The van der Waals surface area contributed by atoms with Crippen molar-refractivity contribution in [1.29, 1.82) is 0 Å². The zero-order chi connectivity index (χ0) is 12.3. The monoisotopic (exact) mass is 254 g/mol. The van der Waals surface area contributed by atoms with Gasteiger partial charge in [-0.2, -0.15) is 0 Å². The van der Waals surface area contributed by atoms with Crippen molar-refractivity contribution in [2.75, 3.05) is 0 Å². The second-order valence-electron chi connectivity index (χ2n) is 3.73. The number of hydrogen-bond acceptors (Lipinski definition) is 3. The molecule has 17 heavy (non-hydrogen) atoms. The molecular weight excluding hydrogens is 243 g/mol. The molecule has 1 atom stereocenters. The molecule has 0 radical (unpaired) electrons. The predicted molar refractivity (Wildman–Crippen MR) is 63.9 cm³/mol. The predicted octanol–water partition coefficient (Wildman–Crippen LogP) is 2.82. The molecular formula is C12H12ClFN2O. The minimum atomic E-state index is -0.448. The van der Waals surface area contributed by atoms with Crippen LogP contribution in [0.25, 0.3) is 0 Å². The van der Waals surface area contributed by atoms with E-state index in [0.29, 0.717) is 6.42 Å². The molecule has 0 aliphatic heterocycles. The van der Waals surface area contributed by atoms with Gasteiger partial charge in [-0.15, -0.1) is 0 Å². The molecule has 2 rings (SSSR count). The quantitative estimate of drug-likeness (QED) is 0.652. The van der Waals surface area contributed by atoms with Crippen LogP contribution in [0.1, 0.15) is 17.2 Å². The molecule has 1 heterocycles. The summed E-state index contributed by atoms with van der Waals surface area (Å²) < 4.78 is 18.3. The summed E-state index contributed by atoms with van der Waals surface area (Å²) in [6, 6.07) is 6.31. The van der Waals surface area contributed by atoms with Crippen LogP contribution in [0.4, 0.5) is 4.39 Å². The summed E-state index contributed by atoms with van der Waals surface area (Å²) in [7, 11) is 0. The summed E-state index contributed by atoms with van der Waals surface area (Å²) in [5.74, 6) is 5.03. The highest BCUT2D eigenvalue weighted by molar-refractivity contribution is 6.30. The van der Waals surface area contributed by atoms with Crippen LogP contribution in [-0.2, 0) is 6.42 Å². The largest absolute Gasteiger partial charge is 0.472 e. The van der Waals surface area contributed by atoms with Gasteiger partial charge in [0.1, 0.15) is 5.82 Å². The Bertz CT molecular complexity index is 487. The van der Waals surface area contributed by atoms with Crippen molar-refractivity contribution >= 4 is 11.6 Å². The molecule has 1 unspecified atom stereocenters. The number of nitrogens with two attached hydrogens (primary N) is 1. The summed E-state index contributed by atoms with van der Waals surface area (Å²) in [6.07, 6.45) is 3.84. The Kier molecular flexibility index (Phi) is 3.78. The lowest BCUT2D eigenvalue weighted by atomic mass is 10.0. The topological polar surface area (TPSA) is 51.2 Å². The maximum absolute atomic E-state index is 13.3. The second kappa shape index (κ2) is 5.31. The van der Waals surface area contributed by atoms with Gasteiger partial charge in [0.25, 0.3) is 0 Å². The molecule has 0 fully saturated rings. The summed E-state index contributed by atoms with van der Waals surface area (Å²) in [4.78, 5) is 0. The van der Waals surface area contributed by atoms with E-state index in [4.69, 9.17) is 21.9 Å². The van der Waals surface area contributed by atoms with E-state index in [1.54, 1.807) is 18.6 Å². The minimum Gasteiger partial charge on any atom is -0.472 e. The number of rotatable bonds is 4. The Morgan fingerprint density at radius 2 is 2.24 bits per heavy atom. The number of hydrazine groups is 1. The minimum absolute atomic E-state index is 0.104. The van der Waals surface area contributed by atoms with Gasteiger partial charge in [0, 0.05) is 0 Å². The molecule has 0 spiro atoms. The molecule has 90 valence electrons. The van der Waals surface area contributed by atoms with Gasteiger partial charge in [0.05, 0.1) is 23.6 Å². The summed E-state index contributed by atoms with van der Waals surface area (Å²) in [5.41, 5.74) is 4.39. The maximum Gasteiger partial charge on any atom is 0.142 e. The Balaban J connectivity index is 2.20. The van der Waals surface area contributed by atoms with E-state index in [1.165, 1.54) is 12.1 Å². The Morgan fingerprint density at radius 3 is 2.82 bits per heavy atom. The number of furan rings is 1. The highest BCUT2D eigenvalue weighted by Gasteiger charge is 2.13. The zero-order valence-electron chi connectivity index (χ0n) is 8.99. The summed E-state index contributed by atoms with van der Waals surface area (Å²) in [6.45, 7) is 0. The SMILES string of the molecule is NNC(Cc1ccoc1)c1ccc(Cl)c(F)c1. The lowest BCUT2D eigenvalue weighted by Crippen LogP contribution is -2.29. The molecule has 1 aromatic heterocycles. The normalized spacial score (nSPS) is 12.6. The Morgan fingerprint density at radius 1 is 1.41 bits per heavy atom. The van der Waals surface area contributed by atoms with Gasteiger partial charge in [0.2, 0.25) is 0 Å². The summed E-state index contributed by atoms with van der Waals surface area (Å²) >= 11 is 5.63. The third kappa shape index (κ3) is 2.85. The number of benzene rings is 1. The van der Waals surface area contributed by atoms with Gasteiger partial charge in [0.15, 0.2) is 0 Å². The van der Waals surface area contributed by atoms with Gasteiger partial charge in [-0.25, -0.2) is 4.39 Å². The second-order valence-corrected chi connectivity index (χ2v) is 4.14. The molecule has 0 aliphatic carbocycles. The number of hydrogen-bond donors (Lipinski definition) is 2. The molecule has 5 heteroatoms. The maximum atomic E-state index is 13.3. The van der Waals surface area contributed by atoms with Crippen LogP contribution in [0.2, 0.25) is 5.02 Å². The molecule has 1 aromatic carbocycles. The van der Waals surface area contributed by atoms with E-state index in [9.17, 15) is 4.39 Å². The van der Waals surface area contributed by atoms with Crippen molar-refractivity contribution in [1.82, 2.24) is 5.43 Å². The van der Waals surface area contributed by atoms with E-state index < -0.39 is 5.82 Å². The van der Waals surface area contributed by atoms with Gasteiger partial charge < -0.3 is 4.42 Å². The number of halogens is 2. The van der Waals surface area contributed by atoms with E-state index in [0.717, 1.165) is 11.1 Å². The molecule has 0 saturated carbocycles. The van der Waals surface area contributed by atoms with Crippen molar-refractivity contribution in [3.63, 3.8) is 0 Å². The summed E-state index contributed by atoms with van der Waals surface area (Å²) in [5, 5.41) is 0.104. The fourth-order valence-electron chi connectivity index (χ4n) is 1.65. The molecule has 2 aromatic rings. The third-order valence-corrected chi connectivity index (χ3v) is 2.87.